The fourth-order valence-electron chi connectivity index (χ4n) is 1.94. The molecule has 0 saturated carbocycles. The molecule has 1 atom stereocenters. The van der Waals surface area contributed by atoms with Crippen molar-refractivity contribution in [2.24, 2.45) is 7.05 Å². The van der Waals surface area contributed by atoms with Crippen LogP contribution in [-0.2, 0) is 7.05 Å². The number of halogens is 2. The number of benzene rings is 1. The van der Waals surface area contributed by atoms with Gasteiger partial charge in [0.05, 0.1) is 6.04 Å². The van der Waals surface area contributed by atoms with Crippen molar-refractivity contribution in [3.63, 3.8) is 0 Å². The number of hydrogen-bond donors (Lipinski definition) is 2. The van der Waals surface area contributed by atoms with E-state index in [1.807, 2.05) is 0 Å². The van der Waals surface area contributed by atoms with Gasteiger partial charge in [-0.05, 0) is 30.7 Å². The quantitative estimate of drug-likeness (QED) is 0.911. The molecule has 1 heterocycles. The normalized spacial score (nSPS) is 12.4. The van der Waals surface area contributed by atoms with Crippen molar-refractivity contribution >= 4 is 5.91 Å². The predicted molar refractivity (Wildman–Crippen MR) is 72.2 cm³/mol. The van der Waals surface area contributed by atoms with Gasteiger partial charge in [-0.15, -0.1) is 0 Å². The summed E-state index contributed by atoms with van der Waals surface area (Å²) in [4.78, 5) is 12.0. The lowest BCUT2D eigenvalue weighted by molar-refractivity contribution is 0.0934. The Morgan fingerprint density at radius 2 is 2.10 bits per heavy atom. The summed E-state index contributed by atoms with van der Waals surface area (Å²) < 4.78 is 26.3. The lowest BCUT2D eigenvalue weighted by Crippen LogP contribution is -2.27. The van der Waals surface area contributed by atoms with E-state index in [0.29, 0.717) is 5.56 Å². The van der Waals surface area contributed by atoms with Crippen LogP contribution in [0.4, 0.5) is 8.78 Å². The maximum absolute atomic E-state index is 12.7. The summed E-state index contributed by atoms with van der Waals surface area (Å²) in [7, 11) is 1.36. The molecule has 112 valence electrons. The van der Waals surface area contributed by atoms with Gasteiger partial charge in [0.25, 0.3) is 12.3 Å². The number of rotatable bonds is 4. The van der Waals surface area contributed by atoms with Gasteiger partial charge < -0.3 is 10.4 Å². The van der Waals surface area contributed by atoms with Crippen LogP contribution in [0.3, 0.4) is 0 Å². The highest BCUT2D eigenvalue weighted by Gasteiger charge is 2.20. The van der Waals surface area contributed by atoms with Gasteiger partial charge in [0.2, 0.25) is 0 Å². The van der Waals surface area contributed by atoms with Crippen molar-refractivity contribution in [3.8, 4) is 5.75 Å². The zero-order chi connectivity index (χ0) is 15.6. The molecule has 21 heavy (non-hydrogen) atoms. The minimum absolute atomic E-state index is 0.0696. The average Bonchev–Trinajstić information content (AvgIpc) is 2.81. The average molecular weight is 295 g/mol. The molecule has 0 radical (unpaired) electrons. The Morgan fingerprint density at radius 1 is 1.38 bits per heavy atom. The number of aryl methyl sites for hydroxylation is 1. The Kier molecular flexibility index (Phi) is 4.21. The molecule has 0 spiro atoms. The number of carbonyl (C=O) groups excluding carboxylic acids is 1. The van der Waals surface area contributed by atoms with Gasteiger partial charge in [-0.25, -0.2) is 8.78 Å². The molecule has 0 aliphatic heterocycles. The van der Waals surface area contributed by atoms with Crippen molar-refractivity contribution < 1.29 is 18.7 Å². The van der Waals surface area contributed by atoms with E-state index in [9.17, 15) is 18.7 Å². The molecule has 7 heteroatoms. The van der Waals surface area contributed by atoms with E-state index in [1.165, 1.54) is 19.2 Å². The summed E-state index contributed by atoms with van der Waals surface area (Å²) >= 11 is 0. The van der Waals surface area contributed by atoms with E-state index in [0.717, 1.165) is 10.7 Å². The molecule has 0 aliphatic rings. The summed E-state index contributed by atoms with van der Waals surface area (Å²) in [5.41, 5.74) is 0.318. The molecule has 0 saturated heterocycles. The van der Waals surface area contributed by atoms with Crippen LogP contribution in [0.1, 0.15) is 41.1 Å². The van der Waals surface area contributed by atoms with Crippen LogP contribution in [0.5, 0.6) is 5.75 Å². The minimum atomic E-state index is -2.69. The van der Waals surface area contributed by atoms with E-state index in [-0.39, 0.29) is 23.2 Å². The third-order valence-electron chi connectivity index (χ3n) is 3.09. The highest BCUT2D eigenvalue weighted by atomic mass is 19.3. The van der Waals surface area contributed by atoms with Crippen LogP contribution in [0.15, 0.2) is 30.3 Å². The zero-order valence-corrected chi connectivity index (χ0v) is 11.5. The molecular weight excluding hydrogens is 280 g/mol. The first-order valence-electron chi connectivity index (χ1n) is 6.30. The molecule has 0 bridgehead atoms. The first kappa shape index (κ1) is 15.0. The van der Waals surface area contributed by atoms with Crippen molar-refractivity contribution in [2.45, 2.75) is 19.4 Å². The van der Waals surface area contributed by atoms with Crippen LogP contribution in [0.2, 0.25) is 0 Å². The molecule has 1 amide bonds. The molecule has 1 aromatic heterocycles. The van der Waals surface area contributed by atoms with Gasteiger partial charge in [0.1, 0.15) is 11.4 Å². The Bertz CT molecular complexity index is 655. The first-order valence-corrected chi connectivity index (χ1v) is 6.30. The van der Waals surface area contributed by atoms with Gasteiger partial charge in [0.15, 0.2) is 5.69 Å². The Labute approximate surface area is 120 Å². The number of aromatic nitrogens is 2. The SMILES string of the molecule is C[C@H](NC(=O)c1cc(C(F)F)n(C)n1)c1cccc(O)c1. The highest BCUT2D eigenvalue weighted by Crippen LogP contribution is 2.20. The number of carbonyl (C=O) groups is 1. The van der Waals surface area contributed by atoms with Crippen LogP contribution in [-0.4, -0.2) is 20.8 Å². The number of alkyl halides is 2. The smallest absolute Gasteiger partial charge is 0.280 e. The van der Waals surface area contributed by atoms with Crippen LogP contribution < -0.4 is 5.32 Å². The fourth-order valence-corrected chi connectivity index (χ4v) is 1.94. The van der Waals surface area contributed by atoms with Gasteiger partial charge in [-0.2, -0.15) is 5.10 Å². The molecule has 2 N–H and O–H groups in total. The number of phenolic OH excluding ortho intramolecular Hbond substituents is 1. The molecule has 1 aromatic carbocycles. The van der Waals surface area contributed by atoms with Gasteiger partial charge in [0, 0.05) is 7.05 Å². The van der Waals surface area contributed by atoms with Crippen LogP contribution in [0, 0.1) is 0 Å². The molecule has 0 unspecified atom stereocenters. The number of nitrogens with one attached hydrogen (secondary N) is 1. The third-order valence-corrected chi connectivity index (χ3v) is 3.09. The molecular formula is C14H15F2N3O2. The van der Waals surface area contributed by atoms with E-state index in [4.69, 9.17) is 0 Å². The second-order valence-electron chi connectivity index (χ2n) is 4.67. The summed E-state index contributed by atoms with van der Waals surface area (Å²) in [6.07, 6.45) is -2.69. The Morgan fingerprint density at radius 3 is 2.67 bits per heavy atom. The zero-order valence-electron chi connectivity index (χ0n) is 11.5. The van der Waals surface area contributed by atoms with Crippen molar-refractivity contribution in [2.75, 3.05) is 0 Å². The maximum atomic E-state index is 12.7. The standard InChI is InChI=1S/C14H15F2N3O2/c1-8(9-4-3-5-10(20)6-9)17-14(21)11-7-12(13(15)16)19(2)18-11/h3-8,13,20H,1-2H3,(H,17,21)/t8-/m0/s1. The minimum Gasteiger partial charge on any atom is -0.508 e. The van der Waals surface area contributed by atoms with Crippen LogP contribution in [0.25, 0.3) is 0 Å². The van der Waals surface area contributed by atoms with E-state index in [1.54, 1.807) is 19.1 Å². The molecule has 5 nitrogen and oxygen atoms in total. The van der Waals surface area contributed by atoms with Crippen LogP contribution >= 0.6 is 0 Å². The summed E-state index contributed by atoms with van der Waals surface area (Å²) in [6.45, 7) is 1.73. The third kappa shape index (κ3) is 3.36. The number of hydrogen-bond acceptors (Lipinski definition) is 3. The first-order chi connectivity index (χ1) is 9.88. The van der Waals surface area contributed by atoms with Gasteiger partial charge in [-0.3, -0.25) is 9.48 Å². The number of nitrogens with zero attached hydrogens (tertiary/aromatic N) is 2. The maximum Gasteiger partial charge on any atom is 0.280 e. The molecule has 0 fully saturated rings. The fraction of sp³-hybridized carbons (Fsp3) is 0.286. The van der Waals surface area contributed by atoms with E-state index in [2.05, 4.69) is 10.4 Å². The van der Waals surface area contributed by atoms with E-state index >= 15 is 0 Å². The van der Waals surface area contributed by atoms with Crippen molar-refractivity contribution in [1.29, 1.82) is 0 Å². The topological polar surface area (TPSA) is 67.2 Å². The van der Waals surface area contributed by atoms with E-state index < -0.39 is 12.3 Å². The monoisotopic (exact) mass is 295 g/mol. The highest BCUT2D eigenvalue weighted by molar-refractivity contribution is 5.92. The van der Waals surface area contributed by atoms with Gasteiger partial charge >= 0.3 is 0 Å². The Balaban J connectivity index is 2.12. The summed E-state index contributed by atoms with van der Waals surface area (Å²) in [5.74, 6) is -0.459. The Hall–Kier alpha value is -2.44. The number of phenols is 1. The number of amides is 1. The largest absolute Gasteiger partial charge is 0.508 e. The molecule has 2 rings (SSSR count). The summed E-state index contributed by atoms with van der Waals surface area (Å²) in [5, 5.41) is 15.8. The second-order valence-corrected chi connectivity index (χ2v) is 4.67. The molecule has 2 aromatic rings. The predicted octanol–water partition coefficient (Wildman–Crippen LogP) is 2.55. The second kappa shape index (κ2) is 5.90. The van der Waals surface area contributed by atoms with Crippen molar-refractivity contribution in [1.82, 2.24) is 15.1 Å². The number of aromatic hydroxyl groups is 1. The van der Waals surface area contributed by atoms with Crippen molar-refractivity contribution in [3.05, 3.63) is 47.3 Å². The lowest BCUT2D eigenvalue weighted by Gasteiger charge is -2.13. The lowest BCUT2D eigenvalue weighted by atomic mass is 10.1. The summed E-state index contributed by atoms with van der Waals surface area (Å²) in [6, 6.07) is 7.12. The van der Waals surface area contributed by atoms with Gasteiger partial charge in [-0.1, -0.05) is 12.1 Å². The molecule has 0 aliphatic carbocycles.